The predicted octanol–water partition coefficient (Wildman–Crippen LogP) is 1.09. The van der Waals surface area contributed by atoms with E-state index in [0.717, 1.165) is 0 Å². The van der Waals surface area contributed by atoms with Crippen molar-refractivity contribution >= 4 is 11.8 Å². The van der Waals surface area contributed by atoms with Crippen LogP contribution in [-0.2, 0) is 4.79 Å². The van der Waals surface area contributed by atoms with Gasteiger partial charge in [-0.2, -0.15) is 4.98 Å². The molecule has 0 aliphatic carbocycles. The Kier molecular flexibility index (Phi) is 4.68. The third-order valence-corrected chi connectivity index (χ3v) is 2.15. The zero-order valence-electron chi connectivity index (χ0n) is 10.3. The summed E-state index contributed by atoms with van der Waals surface area (Å²) in [5.41, 5.74) is 0. The number of carboxylic acids is 1. The molecule has 0 aromatic carbocycles. The summed E-state index contributed by atoms with van der Waals surface area (Å²) in [5.74, 6) is 0.958. The van der Waals surface area contributed by atoms with E-state index in [1.54, 1.807) is 24.9 Å². The first-order valence-electron chi connectivity index (χ1n) is 5.44. The molecule has 94 valence electrons. The molecule has 17 heavy (non-hydrogen) atoms. The number of rotatable bonds is 6. The maximum Gasteiger partial charge on any atom is 0.305 e. The Bertz CT molecular complexity index is 396. The van der Waals surface area contributed by atoms with Crippen molar-refractivity contribution in [3.8, 4) is 5.88 Å². The van der Waals surface area contributed by atoms with Gasteiger partial charge in [-0.25, -0.2) is 4.98 Å². The van der Waals surface area contributed by atoms with E-state index in [1.807, 2.05) is 6.92 Å². The molecular weight excluding hydrogens is 222 g/mol. The molecule has 1 aromatic rings. The first-order chi connectivity index (χ1) is 8.02. The van der Waals surface area contributed by atoms with Crippen LogP contribution in [0.15, 0.2) is 6.07 Å². The Balaban J connectivity index is 2.77. The van der Waals surface area contributed by atoms with Crippen LogP contribution in [0.5, 0.6) is 5.88 Å². The van der Waals surface area contributed by atoms with Crippen molar-refractivity contribution in [2.24, 2.45) is 0 Å². The van der Waals surface area contributed by atoms with Crippen LogP contribution in [0, 0.1) is 6.92 Å². The molecule has 0 saturated carbocycles. The lowest BCUT2D eigenvalue weighted by molar-refractivity contribution is -0.136. The lowest BCUT2D eigenvalue weighted by Crippen LogP contribution is -2.22. The minimum absolute atomic E-state index is 0.0729. The van der Waals surface area contributed by atoms with Gasteiger partial charge in [0.05, 0.1) is 13.0 Å². The Morgan fingerprint density at radius 3 is 2.82 bits per heavy atom. The summed E-state index contributed by atoms with van der Waals surface area (Å²) in [5, 5.41) is 8.62. The first kappa shape index (κ1) is 13.2. The standard InChI is InChI=1S/C11H17N3O3/c1-4-17-10-7-9(12-8(2)13-10)14(3)6-5-11(15)16/h7H,4-6H2,1-3H3,(H,15,16). The molecule has 0 aliphatic heterocycles. The van der Waals surface area contributed by atoms with Gasteiger partial charge >= 0.3 is 5.97 Å². The molecule has 0 spiro atoms. The van der Waals surface area contributed by atoms with Gasteiger partial charge in [0.15, 0.2) is 0 Å². The summed E-state index contributed by atoms with van der Waals surface area (Å²) in [6.07, 6.45) is 0.0729. The smallest absolute Gasteiger partial charge is 0.305 e. The largest absolute Gasteiger partial charge is 0.481 e. The number of nitrogens with zero attached hydrogens (tertiary/aromatic N) is 3. The van der Waals surface area contributed by atoms with E-state index in [4.69, 9.17) is 9.84 Å². The second-order valence-corrected chi connectivity index (χ2v) is 3.61. The van der Waals surface area contributed by atoms with Crippen molar-refractivity contribution in [2.45, 2.75) is 20.3 Å². The highest BCUT2D eigenvalue weighted by atomic mass is 16.5. The fraction of sp³-hybridized carbons (Fsp3) is 0.545. The maximum atomic E-state index is 10.5. The minimum atomic E-state index is -0.826. The third-order valence-electron chi connectivity index (χ3n) is 2.15. The average molecular weight is 239 g/mol. The zero-order valence-corrected chi connectivity index (χ0v) is 10.3. The van der Waals surface area contributed by atoms with Crippen LogP contribution in [0.25, 0.3) is 0 Å². The topological polar surface area (TPSA) is 75.5 Å². The first-order valence-corrected chi connectivity index (χ1v) is 5.44. The van der Waals surface area contributed by atoms with Crippen molar-refractivity contribution in [3.05, 3.63) is 11.9 Å². The fourth-order valence-electron chi connectivity index (χ4n) is 1.32. The van der Waals surface area contributed by atoms with E-state index in [9.17, 15) is 4.79 Å². The molecule has 6 heteroatoms. The SMILES string of the molecule is CCOc1cc(N(C)CCC(=O)O)nc(C)n1. The van der Waals surface area contributed by atoms with Crippen LogP contribution >= 0.6 is 0 Å². The van der Waals surface area contributed by atoms with Crippen LogP contribution in [-0.4, -0.2) is 41.2 Å². The van der Waals surface area contributed by atoms with E-state index < -0.39 is 5.97 Å². The molecule has 1 rings (SSSR count). The lowest BCUT2D eigenvalue weighted by atomic mass is 10.4. The Hall–Kier alpha value is -1.85. The molecule has 1 aromatic heterocycles. The van der Waals surface area contributed by atoms with E-state index in [0.29, 0.717) is 30.7 Å². The van der Waals surface area contributed by atoms with Gasteiger partial charge in [0, 0.05) is 19.7 Å². The lowest BCUT2D eigenvalue weighted by Gasteiger charge is -2.17. The zero-order chi connectivity index (χ0) is 12.8. The summed E-state index contributed by atoms with van der Waals surface area (Å²) < 4.78 is 5.31. The minimum Gasteiger partial charge on any atom is -0.481 e. The summed E-state index contributed by atoms with van der Waals surface area (Å²) in [6.45, 7) is 4.59. The molecule has 0 saturated heterocycles. The van der Waals surface area contributed by atoms with Gasteiger partial charge in [-0.1, -0.05) is 0 Å². The molecule has 0 aliphatic rings. The summed E-state index contributed by atoms with van der Waals surface area (Å²) in [6, 6.07) is 1.71. The highest BCUT2D eigenvalue weighted by Crippen LogP contribution is 2.16. The fourth-order valence-corrected chi connectivity index (χ4v) is 1.32. The Labute approximate surface area is 100 Å². The van der Waals surface area contributed by atoms with Crippen molar-refractivity contribution in [2.75, 3.05) is 25.1 Å². The van der Waals surface area contributed by atoms with E-state index in [1.165, 1.54) is 0 Å². The molecule has 1 heterocycles. The van der Waals surface area contributed by atoms with Gasteiger partial charge in [0.2, 0.25) is 5.88 Å². The molecule has 0 amide bonds. The monoisotopic (exact) mass is 239 g/mol. The predicted molar refractivity (Wildman–Crippen MR) is 63.5 cm³/mol. The number of aliphatic carboxylic acids is 1. The van der Waals surface area contributed by atoms with E-state index >= 15 is 0 Å². The molecule has 0 bridgehead atoms. The van der Waals surface area contributed by atoms with Gasteiger partial charge in [0.1, 0.15) is 11.6 Å². The highest BCUT2D eigenvalue weighted by molar-refractivity contribution is 5.67. The van der Waals surface area contributed by atoms with Gasteiger partial charge in [-0.3, -0.25) is 4.79 Å². The average Bonchev–Trinajstić information content (AvgIpc) is 2.25. The van der Waals surface area contributed by atoms with E-state index in [-0.39, 0.29) is 6.42 Å². The Morgan fingerprint density at radius 1 is 1.53 bits per heavy atom. The van der Waals surface area contributed by atoms with Crippen LogP contribution < -0.4 is 9.64 Å². The number of hydrogen-bond acceptors (Lipinski definition) is 5. The number of carboxylic acid groups (broad SMARTS) is 1. The molecule has 0 fully saturated rings. The number of ether oxygens (including phenoxy) is 1. The van der Waals surface area contributed by atoms with Gasteiger partial charge in [0.25, 0.3) is 0 Å². The Morgan fingerprint density at radius 2 is 2.24 bits per heavy atom. The maximum absolute atomic E-state index is 10.5. The molecule has 6 nitrogen and oxygen atoms in total. The third kappa shape index (κ3) is 4.26. The number of hydrogen-bond donors (Lipinski definition) is 1. The quantitative estimate of drug-likeness (QED) is 0.801. The van der Waals surface area contributed by atoms with Crippen LogP contribution in [0.2, 0.25) is 0 Å². The van der Waals surface area contributed by atoms with Crippen LogP contribution in [0.1, 0.15) is 19.2 Å². The van der Waals surface area contributed by atoms with E-state index in [2.05, 4.69) is 9.97 Å². The summed E-state index contributed by atoms with van der Waals surface area (Å²) >= 11 is 0. The van der Waals surface area contributed by atoms with Gasteiger partial charge < -0.3 is 14.7 Å². The van der Waals surface area contributed by atoms with Crippen molar-refractivity contribution in [3.63, 3.8) is 0 Å². The number of carbonyl (C=O) groups is 1. The summed E-state index contributed by atoms with van der Waals surface area (Å²) in [4.78, 5) is 20.6. The van der Waals surface area contributed by atoms with Gasteiger partial charge in [-0.05, 0) is 13.8 Å². The molecule has 0 unspecified atom stereocenters. The van der Waals surface area contributed by atoms with Gasteiger partial charge in [-0.15, -0.1) is 0 Å². The van der Waals surface area contributed by atoms with Crippen molar-refractivity contribution in [1.82, 2.24) is 9.97 Å². The molecule has 1 N–H and O–H groups in total. The number of aromatic nitrogens is 2. The number of aryl methyl sites for hydroxylation is 1. The summed E-state index contributed by atoms with van der Waals surface area (Å²) in [7, 11) is 1.79. The highest BCUT2D eigenvalue weighted by Gasteiger charge is 2.08. The second kappa shape index (κ2) is 6.03. The van der Waals surface area contributed by atoms with Crippen LogP contribution in [0.4, 0.5) is 5.82 Å². The normalized spacial score (nSPS) is 10.1. The second-order valence-electron chi connectivity index (χ2n) is 3.61. The van der Waals surface area contributed by atoms with Crippen molar-refractivity contribution < 1.29 is 14.6 Å². The molecule has 0 atom stereocenters. The number of anilines is 1. The molecule has 0 radical (unpaired) electrons. The molecular formula is C11H17N3O3. The van der Waals surface area contributed by atoms with Crippen LogP contribution in [0.3, 0.4) is 0 Å². The van der Waals surface area contributed by atoms with Crippen molar-refractivity contribution in [1.29, 1.82) is 0 Å².